The Labute approximate surface area is 161 Å². The molecule has 0 radical (unpaired) electrons. The van der Waals surface area contributed by atoms with Gasteiger partial charge in [0.1, 0.15) is 0 Å². The number of carbonyl (C=O) groups is 2. The van der Waals surface area contributed by atoms with Crippen molar-refractivity contribution >= 4 is 17.5 Å². The van der Waals surface area contributed by atoms with Crippen molar-refractivity contribution in [1.29, 1.82) is 0 Å². The van der Waals surface area contributed by atoms with Gasteiger partial charge in [0.05, 0.1) is 0 Å². The van der Waals surface area contributed by atoms with Crippen LogP contribution in [0, 0.1) is 20.8 Å². The molecular weight excluding hydrogens is 338 g/mol. The van der Waals surface area contributed by atoms with Crippen molar-refractivity contribution in [1.82, 2.24) is 10.2 Å². The van der Waals surface area contributed by atoms with E-state index in [9.17, 15) is 9.59 Å². The third kappa shape index (κ3) is 4.48. The van der Waals surface area contributed by atoms with Crippen molar-refractivity contribution in [3.63, 3.8) is 0 Å². The van der Waals surface area contributed by atoms with Crippen LogP contribution >= 0.6 is 0 Å². The average Bonchev–Trinajstić information content (AvgIpc) is 2.68. The lowest BCUT2D eigenvalue weighted by Gasteiger charge is -2.36. The largest absolute Gasteiger partial charge is 0.368 e. The van der Waals surface area contributed by atoms with E-state index in [2.05, 4.69) is 42.3 Å². The van der Waals surface area contributed by atoms with Crippen molar-refractivity contribution in [3.05, 3.63) is 64.7 Å². The van der Waals surface area contributed by atoms with E-state index in [4.69, 9.17) is 0 Å². The second-order valence-corrected chi connectivity index (χ2v) is 7.17. The number of hydrogen-bond acceptors (Lipinski definition) is 3. The Bertz CT molecular complexity index is 839. The van der Waals surface area contributed by atoms with Crippen LogP contribution in [0.4, 0.5) is 5.69 Å². The highest BCUT2D eigenvalue weighted by atomic mass is 16.2. The molecule has 2 amide bonds. The predicted octanol–water partition coefficient (Wildman–Crippen LogP) is 2.58. The first kappa shape index (κ1) is 19.0. The Morgan fingerprint density at radius 3 is 2.37 bits per heavy atom. The van der Waals surface area contributed by atoms with Gasteiger partial charge < -0.3 is 15.1 Å². The molecule has 1 fully saturated rings. The molecular formula is C22H27N3O2. The number of nitrogens with zero attached hydrogens (tertiary/aromatic N) is 2. The Kier molecular flexibility index (Phi) is 5.79. The van der Waals surface area contributed by atoms with Crippen molar-refractivity contribution in [2.75, 3.05) is 31.1 Å². The van der Waals surface area contributed by atoms with Gasteiger partial charge in [0.2, 0.25) is 0 Å². The van der Waals surface area contributed by atoms with E-state index in [-0.39, 0.29) is 0 Å². The van der Waals surface area contributed by atoms with Gasteiger partial charge in [0, 0.05) is 38.4 Å². The van der Waals surface area contributed by atoms with E-state index < -0.39 is 11.8 Å². The first-order valence-electron chi connectivity index (χ1n) is 9.39. The van der Waals surface area contributed by atoms with E-state index in [1.54, 1.807) is 4.90 Å². The first-order valence-corrected chi connectivity index (χ1v) is 9.39. The lowest BCUT2D eigenvalue weighted by Crippen LogP contribution is -2.52. The molecule has 0 bridgehead atoms. The number of nitrogens with one attached hydrogen (secondary N) is 1. The van der Waals surface area contributed by atoms with E-state index in [0.29, 0.717) is 19.6 Å². The standard InChI is InChI=1S/C22H27N3O2/c1-16-6-4-8-19(14-16)15-23-21(26)22(27)25-12-10-24(11-13-25)20-9-5-7-17(2)18(20)3/h4-9,14H,10-13,15H2,1-3H3,(H,23,26). The van der Waals surface area contributed by atoms with Gasteiger partial charge in [-0.1, -0.05) is 42.0 Å². The normalized spacial score (nSPS) is 14.2. The fourth-order valence-electron chi connectivity index (χ4n) is 3.45. The number of piperazine rings is 1. The topological polar surface area (TPSA) is 52.7 Å². The molecule has 142 valence electrons. The van der Waals surface area contributed by atoms with Gasteiger partial charge >= 0.3 is 11.8 Å². The summed E-state index contributed by atoms with van der Waals surface area (Å²) in [6.45, 7) is 9.20. The van der Waals surface area contributed by atoms with Crippen LogP contribution < -0.4 is 10.2 Å². The second kappa shape index (κ2) is 8.25. The summed E-state index contributed by atoms with van der Waals surface area (Å²) >= 11 is 0. The van der Waals surface area contributed by atoms with Gasteiger partial charge in [0.15, 0.2) is 0 Å². The van der Waals surface area contributed by atoms with Gasteiger partial charge in [-0.2, -0.15) is 0 Å². The quantitative estimate of drug-likeness (QED) is 0.851. The van der Waals surface area contributed by atoms with Gasteiger partial charge in [-0.25, -0.2) is 0 Å². The third-order valence-corrected chi connectivity index (χ3v) is 5.21. The Hall–Kier alpha value is -2.82. The monoisotopic (exact) mass is 365 g/mol. The number of rotatable bonds is 3. The highest BCUT2D eigenvalue weighted by Crippen LogP contribution is 2.23. The maximum absolute atomic E-state index is 12.4. The minimum atomic E-state index is -0.531. The zero-order valence-corrected chi connectivity index (χ0v) is 16.3. The molecule has 0 atom stereocenters. The smallest absolute Gasteiger partial charge is 0.312 e. The van der Waals surface area contributed by atoms with Crippen molar-refractivity contribution in [2.45, 2.75) is 27.3 Å². The lowest BCUT2D eigenvalue weighted by molar-refractivity contribution is -0.146. The molecule has 5 heteroatoms. The number of aryl methyl sites for hydroxylation is 2. The predicted molar refractivity (Wildman–Crippen MR) is 108 cm³/mol. The summed E-state index contributed by atoms with van der Waals surface area (Å²) in [6.07, 6.45) is 0. The van der Waals surface area contributed by atoms with Crippen LogP contribution in [0.15, 0.2) is 42.5 Å². The fraction of sp³-hybridized carbons (Fsp3) is 0.364. The highest BCUT2D eigenvalue weighted by molar-refractivity contribution is 6.35. The molecule has 1 heterocycles. The van der Waals surface area contributed by atoms with Crippen LogP contribution in [0.1, 0.15) is 22.3 Å². The second-order valence-electron chi connectivity index (χ2n) is 7.17. The van der Waals surface area contributed by atoms with Crippen molar-refractivity contribution < 1.29 is 9.59 Å². The molecule has 0 unspecified atom stereocenters. The zero-order valence-electron chi connectivity index (χ0n) is 16.3. The van der Waals surface area contributed by atoms with Crippen molar-refractivity contribution in [2.24, 2.45) is 0 Å². The summed E-state index contributed by atoms with van der Waals surface area (Å²) < 4.78 is 0. The Morgan fingerprint density at radius 1 is 0.963 bits per heavy atom. The molecule has 1 aliphatic rings. The zero-order chi connectivity index (χ0) is 19.4. The molecule has 0 spiro atoms. The van der Waals surface area contributed by atoms with Crippen LogP contribution in [0.2, 0.25) is 0 Å². The average molecular weight is 365 g/mol. The van der Waals surface area contributed by atoms with Gasteiger partial charge in [-0.05, 0) is 43.5 Å². The molecule has 0 saturated carbocycles. The molecule has 0 aromatic heterocycles. The molecule has 1 saturated heterocycles. The van der Waals surface area contributed by atoms with Crippen LogP contribution in [0.5, 0.6) is 0 Å². The van der Waals surface area contributed by atoms with E-state index in [0.717, 1.165) is 24.2 Å². The summed E-state index contributed by atoms with van der Waals surface area (Å²) in [6, 6.07) is 14.2. The number of amides is 2. The summed E-state index contributed by atoms with van der Waals surface area (Å²) in [5.41, 5.74) is 5.88. The Balaban J connectivity index is 1.53. The number of benzene rings is 2. The summed E-state index contributed by atoms with van der Waals surface area (Å²) in [4.78, 5) is 28.6. The molecule has 2 aromatic carbocycles. The summed E-state index contributed by atoms with van der Waals surface area (Å²) in [5, 5.41) is 2.74. The fourth-order valence-corrected chi connectivity index (χ4v) is 3.45. The van der Waals surface area contributed by atoms with E-state index in [1.165, 1.54) is 16.8 Å². The minimum Gasteiger partial charge on any atom is -0.368 e. The number of hydrogen-bond donors (Lipinski definition) is 1. The maximum Gasteiger partial charge on any atom is 0.312 e. The maximum atomic E-state index is 12.4. The lowest BCUT2D eigenvalue weighted by atomic mass is 10.1. The summed E-state index contributed by atoms with van der Waals surface area (Å²) in [5.74, 6) is -0.972. The first-order chi connectivity index (χ1) is 13.0. The van der Waals surface area contributed by atoms with Crippen molar-refractivity contribution in [3.8, 4) is 0 Å². The number of carbonyl (C=O) groups excluding carboxylic acids is 2. The molecule has 1 N–H and O–H groups in total. The third-order valence-electron chi connectivity index (χ3n) is 5.21. The molecule has 0 aliphatic carbocycles. The van der Waals surface area contributed by atoms with Crippen LogP contribution in [0.3, 0.4) is 0 Å². The van der Waals surface area contributed by atoms with E-state index in [1.807, 2.05) is 31.2 Å². The Morgan fingerprint density at radius 2 is 1.67 bits per heavy atom. The molecule has 5 nitrogen and oxygen atoms in total. The van der Waals surface area contributed by atoms with Crippen LogP contribution in [-0.4, -0.2) is 42.9 Å². The molecule has 3 rings (SSSR count). The van der Waals surface area contributed by atoms with Gasteiger partial charge in [0.25, 0.3) is 0 Å². The molecule has 1 aliphatic heterocycles. The van der Waals surface area contributed by atoms with Gasteiger partial charge in [-0.3, -0.25) is 9.59 Å². The molecule has 2 aromatic rings. The molecule has 27 heavy (non-hydrogen) atoms. The van der Waals surface area contributed by atoms with Gasteiger partial charge in [-0.15, -0.1) is 0 Å². The van der Waals surface area contributed by atoms with E-state index >= 15 is 0 Å². The van der Waals surface area contributed by atoms with Crippen LogP contribution in [-0.2, 0) is 16.1 Å². The summed E-state index contributed by atoms with van der Waals surface area (Å²) in [7, 11) is 0. The number of anilines is 1. The van der Waals surface area contributed by atoms with Crippen LogP contribution in [0.25, 0.3) is 0 Å². The minimum absolute atomic E-state index is 0.370. The highest BCUT2D eigenvalue weighted by Gasteiger charge is 2.26. The SMILES string of the molecule is Cc1cccc(CNC(=O)C(=O)N2CCN(c3cccc(C)c3C)CC2)c1.